The molecule has 0 aliphatic rings. The summed E-state index contributed by atoms with van der Waals surface area (Å²) >= 11 is 1.56. The molecule has 1 atom stereocenters. The molecular weight excluding hydrogens is 222 g/mol. The van der Waals surface area contributed by atoms with Gasteiger partial charge in [-0.05, 0) is 22.4 Å². The zero-order chi connectivity index (χ0) is 10.6. The Kier molecular flexibility index (Phi) is 4.06. The average Bonchev–Trinajstić information content (AvgIpc) is 2.56. The Labute approximate surface area is 88.0 Å². The molecule has 14 heavy (non-hydrogen) atoms. The highest BCUT2D eigenvalue weighted by atomic mass is 32.2. The fourth-order valence-corrected chi connectivity index (χ4v) is 2.18. The maximum absolute atomic E-state index is 10.9. The molecule has 0 unspecified atom stereocenters. The summed E-state index contributed by atoms with van der Waals surface area (Å²) < 4.78 is 29.3. The van der Waals surface area contributed by atoms with Crippen LogP contribution in [0, 0.1) is 0 Å². The Balaban J connectivity index is 2.57. The van der Waals surface area contributed by atoms with Gasteiger partial charge in [-0.3, -0.25) is 0 Å². The van der Waals surface area contributed by atoms with Gasteiger partial charge in [0, 0.05) is 13.7 Å². The topological polar surface area (TPSA) is 55.4 Å². The lowest BCUT2D eigenvalue weighted by Crippen LogP contribution is -2.27. The summed E-state index contributed by atoms with van der Waals surface area (Å²) in [6.45, 7) is 0.270. The van der Waals surface area contributed by atoms with Gasteiger partial charge in [0.2, 0.25) is 10.0 Å². The average molecular weight is 235 g/mol. The molecule has 1 heterocycles. The summed E-state index contributed by atoms with van der Waals surface area (Å²) in [5.41, 5.74) is 0.994. The zero-order valence-corrected chi connectivity index (χ0v) is 9.69. The summed E-state index contributed by atoms with van der Waals surface area (Å²) in [6.07, 6.45) is 0.920. The summed E-state index contributed by atoms with van der Waals surface area (Å²) in [4.78, 5) is 0. The molecule has 4 nitrogen and oxygen atoms in total. The van der Waals surface area contributed by atoms with Crippen LogP contribution in [-0.4, -0.2) is 28.3 Å². The van der Waals surface area contributed by atoms with Crippen molar-refractivity contribution in [1.29, 1.82) is 0 Å². The molecule has 1 N–H and O–H groups in total. The minimum atomic E-state index is -3.15. The van der Waals surface area contributed by atoms with Gasteiger partial charge in [-0.1, -0.05) is 0 Å². The smallest absolute Gasteiger partial charge is 0.208 e. The van der Waals surface area contributed by atoms with Crippen LogP contribution in [0.4, 0.5) is 0 Å². The van der Waals surface area contributed by atoms with Gasteiger partial charge in [-0.25, -0.2) is 13.1 Å². The van der Waals surface area contributed by atoms with Gasteiger partial charge in [0.05, 0.1) is 12.4 Å². The van der Waals surface area contributed by atoms with Gasteiger partial charge in [-0.2, -0.15) is 11.3 Å². The van der Waals surface area contributed by atoms with E-state index < -0.39 is 10.0 Å². The Morgan fingerprint density at radius 3 is 2.79 bits per heavy atom. The minimum absolute atomic E-state index is 0.212. The predicted octanol–water partition coefficient (Wildman–Crippen LogP) is 0.985. The van der Waals surface area contributed by atoms with Gasteiger partial charge in [0.1, 0.15) is 0 Å². The second-order valence-corrected chi connectivity index (χ2v) is 5.51. The fourth-order valence-electron chi connectivity index (χ4n) is 1.02. The second kappa shape index (κ2) is 4.88. The highest BCUT2D eigenvalue weighted by molar-refractivity contribution is 7.88. The quantitative estimate of drug-likeness (QED) is 0.828. The van der Waals surface area contributed by atoms with E-state index in [1.165, 1.54) is 0 Å². The van der Waals surface area contributed by atoms with Crippen molar-refractivity contribution in [3.63, 3.8) is 0 Å². The summed E-state index contributed by atoms with van der Waals surface area (Å²) in [7, 11) is -1.59. The van der Waals surface area contributed by atoms with E-state index in [0.717, 1.165) is 11.8 Å². The first kappa shape index (κ1) is 11.6. The number of hydrogen-bond acceptors (Lipinski definition) is 4. The molecule has 80 valence electrons. The maximum Gasteiger partial charge on any atom is 0.208 e. The lowest BCUT2D eigenvalue weighted by atomic mass is 10.2. The highest BCUT2D eigenvalue weighted by Crippen LogP contribution is 2.18. The molecule has 0 aliphatic heterocycles. The van der Waals surface area contributed by atoms with E-state index in [0.29, 0.717) is 0 Å². The number of hydrogen-bond donors (Lipinski definition) is 1. The van der Waals surface area contributed by atoms with Gasteiger partial charge < -0.3 is 4.74 Å². The van der Waals surface area contributed by atoms with Crippen molar-refractivity contribution in [3.8, 4) is 0 Å². The number of thiophene rings is 1. The molecule has 0 aliphatic carbocycles. The monoisotopic (exact) mass is 235 g/mol. The van der Waals surface area contributed by atoms with Crippen molar-refractivity contribution in [2.24, 2.45) is 0 Å². The number of rotatable bonds is 5. The number of nitrogens with one attached hydrogen (secondary N) is 1. The van der Waals surface area contributed by atoms with Crippen molar-refractivity contribution in [2.45, 2.75) is 6.10 Å². The van der Waals surface area contributed by atoms with E-state index in [-0.39, 0.29) is 12.6 Å². The minimum Gasteiger partial charge on any atom is -0.375 e. The molecule has 0 amide bonds. The van der Waals surface area contributed by atoms with Crippen LogP contribution in [0.25, 0.3) is 0 Å². The molecule has 1 aromatic heterocycles. The van der Waals surface area contributed by atoms with E-state index in [1.54, 1.807) is 18.4 Å². The lowest BCUT2D eigenvalue weighted by Gasteiger charge is -2.13. The van der Waals surface area contributed by atoms with Crippen LogP contribution in [0.15, 0.2) is 16.8 Å². The summed E-state index contributed by atoms with van der Waals surface area (Å²) in [5.74, 6) is 0. The first-order valence-corrected chi connectivity index (χ1v) is 6.86. The SMILES string of the molecule is CO[C@@H](CNS(C)(=O)=O)c1ccsc1. The van der Waals surface area contributed by atoms with Crippen LogP contribution in [0.3, 0.4) is 0 Å². The third kappa shape index (κ3) is 3.75. The first-order chi connectivity index (χ1) is 6.53. The van der Waals surface area contributed by atoms with Crippen molar-refractivity contribution in [2.75, 3.05) is 19.9 Å². The van der Waals surface area contributed by atoms with Gasteiger partial charge >= 0.3 is 0 Å². The molecule has 0 spiro atoms. The third-order valence-electron chi connectivity index (χ3n) is 1.73. The van der Waals surface area contributed by atoms with Crippen LogP contribution in [-0.2, 0) is 14.8 Å². The fraction of sp³-hybridized carbons (Fsp3) is 0.500. The van der Waals surface area contributed by atoms with Gasteiger partial charge in [0.15, 0.2) is 0 Å². The van der Waals surface area contributed by atoms with Crippen molar-refractivity contribution in [3.05, 3.63) is 22.4 Å². The van der Waals surface area contributed by atoms with Gasteiger partial charge in [0.25, 0.3) is 0 Å². The molecule has 1 rings (SSSR count). The van der Waals surface area contributed by atoms with E-state index in [4.69, 9.17) is 4.74 Å². The third-order valence-corrected chi connectivity index (χ3v) is 3.12. The van der Waals surface area contributed by atoms with Crippen LogP contribution >= 0.6 is 11.3 Å². The zero-order valence-electron chi connectivity index (χ0n) is 8.06. The number of sulfonamides is 1. The standard InChI is InChI=1S/C8H13NO3S2/c1-12-8(5-9-14(2,10)11)7-3-4-13-6-7/h3-4,6,8-9H,5H2,1-2H3/t8-/m0/s1. The Morgan fingerprint density at radius 1 is 1.64 bits per heavy atom. The lowest BCUT2D eigenvalue weighted by molar-refractivity contribution is 0.107. The van der Waals surface area contributed by atoms with Crippen molar-refractivity contribution in [1.82, 2.24) is 4.72 Å². The molecule has 0 saturated carbocycles. The first-order valence-electron chi connectivity index (χ1n) is 4.02. The molecular formula is C8H13NO3S2. The maximum atomic E-state index is 10.9. The summed E-state index contributed by atoms with van der Waals surface area (Å²) in [5, 5.41) is 3.87. The molecule has 1 aromatic rings. The predicted molar refractivity (Wildman–Crippen MR) is 56.9 cm³/mol. The normalized spacial score (nSPS) is 14.1. The molecule has 0 radical (unpaired) electrons. The highest BCUT2D eigenvalue weighted by Gasteiger charge is 2.12. The Bertz CT molecular complexity index is 358. The van der Waals surface area contributed by atoms with E-state index in [2.05, 4.69) is 4.72 Å². The largest absolute Gasteiger partial charge is 0.375 e. The molecule has 0 aromatic carbocycles. The summed E-state index contributed by atoms with van der Waals surface area (Å²) in [6, 6.07) is 1.92. The van der Waals surface area contributed by atoms with Crippen molar-refractivity contribution >= 4 is 21.4 Å². The van der Waals surface area contributed by atoms with E-state index >= 15 is 0 Å². The van der Waals surface area contributed by atoms with Crippen LogP contribution in [0.5, 0.6) is 0 Å². The van der Waals surface area contributed by atoms with Gasteiger partial charge in [-0.15, -0.1) is 0 Å². The van der Waals surface area contributed by atoms with E-state index in [1.807, 2.05) is 16.8 Å². The van der Waals surface area contributed by atoms with E-state index in [9.17, 15) is 8.42 Å². The van der Waals surface area contributed by atoms with Crippen LogP contribution in [0.1, 0.15) is 11.7 Å². The van der Waals surface area contributed by atoms with Crippen LogP contribution < -0.4 is 4.72 Å². The second-order valence-electron chi connectivity index (χ2n) is 2.90. The Hall–Kier alpha value is -0.430. The number of methoxy groups -OCH3 is 1. The molecule has 0 fully saturated rings. The molecule has 6 heteroatoms. The molecule has 0 saturated heterocycles. The van der Waals surface area contributed by atoms with Crippen LogP contribution in [0.2, 0.25) is 0 Å². The number of ether oxygens (including phenoxy) is 1. The molecule has 0 bridgehead atoms. The van der Waals surface area contributed by atoms with Crippen molar-refractivity contribution < 1.29 is 13.2 Å². The Morgan fingerprint density at radius 2 is 2.36 bits per heavy atom.